The number of hydrogen-bond donors (Lipinski definition) is 1. The molecule has 1 aromatic carbocycles. The zero-order valence-corrected chi connectivity index (χ0v) is 12.8. The second kappa shape index (κ2) is 6.89. The highest BCUT2D eigenvalue weighted by molar-refractivity contribution is 6.34. The molecule has 2 aromatic rings. The van der Waals surface area contributed by atoms with Crippen LogP contribution in [0.15, 0.2) is 42.6 Å². The van der Waals surface area contributed by atoms with Crippen LogP contribution in [-0.2, 0) is 11.3 Å². The van der Waals surface area contributed by atoms with E-state index < -0.39 is 12.0 Å². The SMILES string of the molecule is CN(Cc1ccccn1)C(=O)C(O)c1cc(Cl)cc(Cl)c1. The van der Waals surface area contributed by atoms with Crippen LogP contribution < -0.4 is 0 Å². The van der Waals surface area contributed by atoms with E-state index in [1.54, 1.807) is 25.4 Å². The summed E-state index contributed by atoms with van der Waals surface area (Å²) in [5.74, 6) is -0.445. The molecular formula is C15H14Cl2N2O2. The Hall–Kier alpha value is -1.62. The van der Waals surface area contributed by atoms with E-state index in [0.717, 1.165) is 5.69 Å². The van der Waals surface area contributed by atoms with Crippen molar-refractivity contribution in [1.82, 2.24) is 9.88 Å². The number of aliphatic hydroxyl groups is 1. The largest absolute Gasteiger partial charge is 0.378 e. The van der Waals surface area contributed by atoms with E-state index >= 15 is 0 Å². The molecule has 0 saturated carbocycles. The standard InChI is InChI=1S/C15H14Cl2N2O2/c1-19(9-13-4-2-3-5-18-13)15(21)14(20)10-6-11(16)8-12(17)7-10/h2-8,14,20H,9H2,1H3. The Kier molecular flexibility index (Phi) is 5.17. The lowest BCUT2D eigenvalue weighted by molar-refractivity contribution is -0.139. The van der Waals surface area contributed by atoms with Crippen molar-refractivity contribution in [2.24, 2.45) is 0 Å². The van der Waals surface area contributed by atoms with Crippen molar-refractivity contribution in [2.45, 2.75) is 12.6 Å². The van der Waals surface area contributed by atoms with Crippen molar-refractivity contribution in [3.8, 4) is 0 Å². The molecule has 6 heteroatoms. The average molecular weight is 325 g/mol. The number of pyridine rings is 1. The summed E-state index contributed by atoms with van der Waals surface area (Å²) >= 11 is 11.8. The molecule has 0 aliphatic rings. The van der Waals surface area contributed by atoms with E-state index in [2.05, 4.69) is 4.98 Å². The summed E-state index contributed by atoms with van der Waals surface area (Å²) in [6.45, 7) is 0.311. The van der Waals surface area contributed by atoms with E-state index in [9.17, 15) is 9.90 Å². The van der Waals surface area contributed by atoms with Crippen LogP contribution in [0.4, 0.5) is 0 Å². The first kappa shape index (κ1) is 15.8. The van der Waals surface area contributed by atoms with Gasteiger partial charge >= 0.3 is 0 Å². The van der Waals surface area contributed by atoms with Crippen molar-refractivity contribution in [1.29, 1.82) is 0 Å². The van der Waals surface area contributed by atoms with Crippen molar-refractivity contribution < 1.29 is 9.90 Å². The fraction of sp³-hybridized carbons (Fsp3) is 0.200. The number of nitrogens with zero attached hydrogens (tertiary/aromatic N) is 2. The molecule has 2 rings (SSSR count). The fourth-order valence-electron chi connectivity index (χ4n) is 1.90. The van der Waals surface area contributed by atoms with Gasteiger partial charge in [-0.15, -0.1) is 0 Å². The number of rotatable bonds is 4. The molecule has 110 valence electrons. The summed E-state index contributed by atoms with van der Waals surface area (Å²) in [7, 11) is 1.60. The van der Waals surface area contributed by atoms with Crippen LogP contribution in [-0.4, -0.2) is 27.9 Å². The molecule has 0 aliphatic heterocycles. The monoisotopic (exact) mass is 324 g/mol. The molecule has 0 spiro atoms. The maximum atomic E-state index is 12.2. The zero-order valence-electron chi connectivity index (χ0n) is 11.3. The number of hydrogen-bond acceptors (Lipinski definition) is 3. The zero-order chi connectivity index (χ0) is 15.4. The molecule has 1 amide bonds. The van der Waals surface area contributed by atoms with Gasteiger partial charge in [-0.3, -0.25) is 9.78 Å². The van der Waals surface area contributed by atoms with Crippen LogP contribution in [0.5, 0.6) is 0 Å². The number of carbonyl (C=O) groups is 1. The lowest BCUT2D eigenvalue weighted by atomic mass is 10.1. The predicted molar refractivity (Wildman–Crippen MR) is 82.1 cm³/mol. The Labute approximate surface area is 132 Å². The molecule has 1 heterocycles. The smallest absolute Gasteiger partial charge is 0.256 e. The first-order chi connectivity index (χ1) is 9.97. The highest BCUT2D eigenvalue weighted by Gasteiger charge is 2.22. The summed E-state index contributed by atoms with van der Waals surface area (Å²) in [5, 5.41) is 10.9. The number of aliphatic hydroxyl groups excluding tert-OH is 1. The molecule has 0 radical (unpaired) electrons. The van der Waals surface area contributed by atoms with E-state index in [1.807, 2.05) is 12.1 Å². The van der Waals surface area contributed by atoms with Gasteiger partial charge in [0.05, 0.1) is 12.2 Å². The molecule has 1 unspecified atom stereocenters. The number of likely N-dealkylation sites (N-methyl/N-ethyl adjacent to an activating group) is 1. The van der Waals surface area contributed by atoms with Gasteiger partial charge in [-0.2, -0.15) is 0 Å². The van der Waals surface area contributed by atoms with Gasteiger partial charge in [-0.1, -0.05) is 29.3 Å². The number of benzene rings is 1. The highest BCUT2D eigenvalue weighted by atomic mass is 35.5. The van der Waals surface area contributed by atoms with Gasteiger partial charge in [0.2, 0.25) is 0 Å². The molecule has 1 atom stereocenters. The van der Waals surface area contributed by atoms with Crippen LogP contribution in [0.1, 0.15) is 17.4 Å². The predicted octanol–water partition coefficient (Wildman–Crippen LogP) is 3.08. The Bertz CT molecular complexity index is 615. The second-order valence-corrected chi connectivity index (χ2v) is 5.49. The molecule has 0 aliphatic carbocycles. The minimum atomic E-state index is -1.31. The molecule has 1 aromatic heterocycles. The number of amides is 1. The van der Waals surface area contributed by atoms with Crippen LogP contribution in [0.25, 0.3) is 0 Å². The number of carbonyl (C=O) groups excluding carboxylic acids is 1. The first-order valence-electron chi connectivity index (χ1n) is 6.26. The van der Waals surface area contributed by atoms with Crippen LogP contribution in [0.2, 0.25) is 10.0 Å². The maximum Gasteiger partial charge on any atom is 0.256 e. The average Bonchev–Trinajstić information content (AvgIpc) is 2.45. The minimum Gasteiger partial charge on any atom is -0.378 e. The van der Waals surface area contributed by atoms with Gasteiger partial charge in [0.1, 0.15) is 0 Å². The van der Waals surface area contributed by atoms with Gasteiger partial charge in [0.15, 0.2) is 6.10 Å². The van der Waals surface area contributed by atoms with Crippen LogP contribution in [0, 0.1) is 0 Å². The lowest BCUT2D eigenvalue weighted by Crippen LogP contribution is -2.31. The molecule has 0 bridgehead atoms. The number of halogens is 2. The topological polar surface area (TPSA) is 53.4 Å². The van der Waals surface area contributed by atoms with E-state index in [0.29, 0.717) is 22.2 Å². The Balaban J connectivity index is 2.11. The lowest BCUT2D eigenvalue weighted by Gasteiger charge is -2.20. The normalized spacial score (nSPS) is 12.0. The van der Waals surface area contributed by atoms with E-state index in [-0.39, 0.29) is 0 Å². The van der Waals surface area contributed by atoms with Gasteiger partial charge < -0.3 is 10.0 Å². The molecule has 0 fully saturated rings. The molecule has 21 heavy (non-hydrogen) atoms. The van der Waals surface area contributed by atoms with E-state index in [1.165, 1.54) is 17.0 Å². The summed E-state index contributed by atoms with van der Waals surface area (Å²) in [6, 6.07) is 10.0. The maximum absolute atomic E-state index is 12.2. The first-order valence-corrected chi connectivity index (χ1v) is 7.02. The van der Waals surface area contributed by atoms with Crippen molar-refractivity contribution in [3.05, 3.63) is 63.9 Å². The van der Waals surface area contributed by atoms with Crippen molar-refractivity contribution >= 4 is 29.1 Å². The van der Waals surface area contributed by atoms with Crippen LogP contribution >= 0.6 is 23.2 Å². The van der Waals surface area contributed by atoms with Gasteiger partial charge in [-0.25, -0.2) is 0 Å². The van der Waals surface area contributed by atoms with Crippen molar-refractivity contribution in [2.75, 3.05) is 7.05 Å². The van der Waals surface area contributed by atoms with Gasteiger partial charge in [-0.05, 0) is 35.9 Å². The third kappa shape index (κ3) is 4.17. The third-order valence-electron chi connectivity index (χ3n) is 2.94. The highest BCUT2D eigenvalue weighted by Crippen LogP contribution is 2.24. The Morgan fingerprint density at radius 1 is 1.29 bits per heavy atom. The summed E-state index contributed by atoms with van der Waals surface area (Å²) in [4.78, 5) is 17.8. The Morgan fingerprint density at radius 2 is 1.95 bits per heavy atom. The molecular weight excluding hydrogens is 311 g/mol. The molecule has 0 saturated heterocycles. The van der Waals surface area contributed by atoms with E-state index in [4.69, 9.17) is 23.2 Å². The quantitative estimate of drug-likeness (QED) is 0.940. The third-order valence-corrected chi connectivity index (χ3v) is 3.37. The number of aromatic nitrogens is 1. The van der Waals surface area contributed by atoms with Crippen molar-refractivity contribution in [3.63, 3.8) is 0 Å². The molecule has 1 N–H and O–H groups in total. The Morgan fingerprint density at radius 3 is 2.52 bits per heavy atom. The summed E-state index contributed by atoms with van der Waals surface area (Å²) in [5.41, 5.74) is 1.11. The van der Waals surface area contributed by atoms with Crippen LogP contribution in [0.3, 0.4) is 0 Å². The fourth-order valence-corrected chi connectivity index (χ4v) is 2.44. The second-order valence-electron chi connectivity index (χ2n) is 4.62. The molecule has 4 nitrogen and oxygen atoms in total. The summed E-state index contributed by atoms with van der Waals surface area (Å²) < 4.78 is 0. The van der Waals surface area contributed by atoms with Gasteiger partial charge in [0.25, 0.3) is 5.91 Å². The van der Waals surface area contributed by atoms with Gasteiger partial charge in [0, 0.05) is 23.3 Å². The minimum absolute atomic E-state index is 0.311. The summed E-state index contributed by atoms with van der Waals surface area (Å²) in [6.07, 6.45) is 0.343.